The molecule has 4 heteroatoms. The molecule has 1 atom stereocenters. The second kappa shape index (κ2) is 7.03. The molecule has 126 valence electrons. The van der Waals surface area contributed by atoms with Crippen molar-refractivity contribution in [3.05, 3.63) is 66.2 Å². The molecule has 2 aromatic carbocycles. The molecule has 1 amide bonds. The van der Waals surface area contributed by atoms with Gasteiger partial charge in [-0.15, -0.1) is 0 Å². The van der Waals surface area contributed by atoms with Crippen molar-refractivity contribution in [3.63, 3.8) is 0 Å². The van der Waals surface area contributed by atoms with Crippen LogP contribution in [0.2, 0.25) is 0 Å². The fraction of sp³-hybridized carbons (Fsp3) is 0.238. The van der Waals surface area contributed by atoms with Gasteiger partial charge < -0.3 is 10.1 Å². The highest BCUT2D eigenvalue weighted by molar-refractivity contribution is 6.07. The van der Waals surface area contributed by atoms with Crippen molar-refractivity contribution in [2.24, 2.45) is 0 Å². The largest absolute Gasteiger partial charge is 0.376 e. The summed E-state index contributed by atoms with van der Waals surface area (Å²) in [6, 6.07) is 19.6. The molecule has 4 rings (SSSR count). The lowest BCUT2D eigenvalue weighted by Gasteiger charge is -2.13. The van der Waals surface area contributed by atoms with Gasteiger partial charge in [0.05, 0.1) is 22.9 Å². The molecule has 0 saturated carbocycles. The number of carbonyl (C=O) groups is 1. The molecule has 3 aromatic rings. The molecule has 0 bridgehead atoms. The average molecular weight is 332 g/mol. The number of carbonyl (C=O) groups excluding carboxylic acids is 1. The Morgan fingerprint density at radius 2 is 1.92 bits per heavy atom. The van der Waals surface area contributed by atoms with Gasteiger partial charge in [0.1, 0.15) is 0 Å². The molecule has 1 aliphatic heterocycles. The number of pyridine rings is 1. The van der Waals surface area contributed by atoms with Crippen LogP contribution in [0.4, 0.5) is 0 Å². The van der Waals surface area contributed by atoms with E-state index in [2.05, 4.69) is 5.32 Å². The van der Waals surface area contributed by atoms with Crippen molar-refractivity contribution >= 4 is 16.8 Å². The van der Waals surface area contributed by atoms with Crippen molar-refractivity contribution in [3.8, 4) is 11.3 Å². The summed E-state index contributed by atoms with van der Waals surface area (Å²) < 4.78 is 5.59. The van der Waals surface area contributed by atoms with Crippen LogP contribution in [0.1, 0.15) is 23.2 Å². The monoisotopic (exact) mass is 332 g/mol. The topological polar surface area (TPSA) is 51.2 Å². The third-order valence-electron chi connectivity index (χ3n) is 4.54. The van der Waals surface area contributed by atoms with Gasteiger partial charge in [0.2, 0.25) is 0 Å². The highest BCUT2D eigenvalue weighted by Gasteiger charge is 2.18. The molecule has 1 aromatic heterocycles. The van der Waals surface area contributed by atoms with Crippen LogP contribution >= 0.6 is 0 Å². The molecule has 0 unspecified atom stereocenters. The summed E-state index contributed by atoms with van der Waals surface area (Å²) in [7, 11) is 0. The lowest BCUT2D eigenvalue weighted by molar-refractivity contribution is 0.0859. The van der Waals surface area contributed by atoms with Crippen molar-refractivity contribution in [2.75, 3.05) is 13.2 Å². The number of amides is 1. The van der Waals surface area contributed by atoms with E-state index in [9.17, 15) is 4.79 Å². The molecular weight excluding hydrogens is 312 g/mol. The summed E-state index contributed by atoms with van der Waals surface area (Å²) in [5, 5.41) is 3.89. The van der Waals surface area contributed by atoms with Crippen LogP contribution < -0.4 is 5.32 Å². The van der Waals surface area contributed by atoms with Crippen LogP contribution in [0.25, 0.3) is 22.2 Å². The third kappa shape index (κ3) is 3.39. The van der Waals surface area contributed by atoms with Gasteiger partial charge in [0.25, 0.3) is 5.91 Å². The predicted octanol–water partition coefficient (Wildman–Crippen LogP) is 3.81. The van der Waals surface area contributed by atoms with Gasteiger partial charge in [-0.25, -0.2) is 4.98 Å². The van der Waals surface area contributed by atoms with Crippen LogP contribution in [0.5, 0.6) is 0 Å². The first-order valence-corrected chi connectivity index (χ1v) is 8.66. The van der Waals surface area contributed by atoms with Crippen LogP contribution in [0.3, 0.4) is 0 Å². The van der Waals surface area contributed by atoms with Crippen LogP contribution in [-0.4, -0.2) is 30.1 Å². The van der Waals surface area contributed by atoms with Gasteiger partial charge >= 0.3 is 0 Å². The van der Waals surface area contributed by atoms with E-state index in [0.717, 1.165) is 41.6 Å². The third-order valence-corrected chi connectivity index (χ3v) is 4.54. The lowest BCUT2D eigenvalue weighted by Crippen LogP contribution is -2.31. The zero-order valence-corrected chi connectivity index (χ0v) is 13.9. The normalized spacial score (nSPS) is 16.9. The zero-order valence-electron chi connectivity index (χ0n) is 13.9. The molecule has 1 aliphatic rings. The van der Waals surface area contributed by atoms with E-state index in [0.29, 0.717) is 12.1 Å². The van der Waals surface area contributed by atoms with Crippen LogP contribution in [-0.2, 0) is 4.74 Å². The van der Waals surface area contributed by atoms with Crippen molar-refractivity contribution in [2.45, 2.75) is 18.9 Å². The number of para-hydroxylation sites is 1. The number of ether oxygens (including phenoxy) is 1. The molecule has 2 heterocycles. The molecular formula is C21H20N2O2. The van der Waals surface area contributed by atoms with E-state index >= 15 is 0 Å². The highest BCUT2D eigenvalue weighted by Crippen LogP contribution is 2.24. The quantitative estimate of drug-likeness (QED) is 0.790. The van der Waals surface area contributed by atoms with E-state index < -0.39 is 0 Å². The van der Waals surface area contributed by atoms with E-state index in [-0.39, 0.29) is 12.0 Å². The van der Waals surface area contributed by atoms with E-state index in [1.807, 2.05) is 60.7 Å². The Labute approximate surface area is 146 Å². The minimum Gasteiger partial charge on any atom is -0.376 e. The van der Waals surface area contributed by atoms with E-state index in [1.54, 1.807) is 0 Å². The number of benzene rings is 2. The van der Waals surface area contributed by atoms with Gasteiger partial charge in [-0.3, -0.25) is 4.79 Å². The number of hydrogen-bond acceptors (Lipinski definition) is 3. The Morgan fingerprint density at radius 1 is 1.12 bits per heavy atom. The van der Waals surface area contributed by atoms with Gasteiger partial charge in [-0.2, -0.15) is 0 Å². The predicted molar refractivity (Wildman–Crippen MR) is 98.5 cm³/mol. The molecule has 1 saturated heterocycles. The number of fused-ring (bicyclic) bond motifs is 1. The number of rotatable bonds is 4. The maximum absolute atomic E-state index is 12.8. The van der Waals surface area contributed by atoms with Crippen molar-refractivity contribution in [1.29, 1.82) is 0 Å². The smallest absolute Gasteiger partial charge is 0.252 e. The first kappa shape index (κ1) is 15.8. The molecule has 0 spiro atoms. The van der Waals surface area contributed by atoms with Gasteiger partial charge in [0.15, 0.2) is 0 Å². The Morgan fingerprint density at radius 3 is 2.72 bits per heavy atom. The molecule has 0 aliphatic carbocycles. The lowest BCUT2D eigenvalue weighted by atomic mass is 10.0. The zero-order chi connectivity index (χ0) is 17.1. The molecule has 4 nitrogen and oxygen atoms in total. The second-order valence-corrected chi connectivity index (χ2v) is 6.28. The number of nitrogens with zero attached hydrogens (tertiary/aromatic N) is 1. The molecule has 1 fully saturated rings. The fourth-order valence-electron chi connectivity index (χ4n) is 3.23. The summed E-state index contributed by atoms with van der Waals surface area (Å²) in [6.45, 7) is 1.34. The van der Waals surface area contributed by atoms with E-state index in [4.69, 9.17) is 9.72 Å². The first-order chi connectivity index (χ1) is 12.3. The maximum atomic E-state index is 12.8. The number of nitrogens with one attached hydrogen (secondary N) is 1. The minimum atomic E-state index is -0.0775. The molecule has 0 radical (unpaired) electrons. The van der Waals surface area contributed by atoms with Gasteiger partial charge in [0, 0.05) is 24.1 Å². The van der Waals surface area contributed by atoms with Crippen LogP contribution in [0, 0.1) is 0 Å². The van der Waals surface area contributed by atoms with Gasteiger partial charge in [-0.1, -0.05) is 48.5 Å². The summed E-state index contributed by atoms with van der Waals surface area (Å²) in [6.07, 6.45) is 2.20. The summed E-state index contributed by atoms with van der Waals surface area (Å²) in [5.74, 6) is -0.0775. The van der Waals surface area contributed by atoms with E-state index in [1.165, 1.54) is 0 Å². The summed E-state index contributed by atoms with van der Waals surface area (Å²) >= 11 is 0. The van der Waals surface area contributed by atoms with Gasteiger partial charge in [-0.05, 0) is 25.0 Å². The highest BCUT2D eigenvalue weighted by atomic mass is 16.5. The Kier molecular flexibility index (Phi) is 4.44. The van der Waals surface area contributed by atoms with Crippen molar-refractivity contribution in [1.82, 2.24) is 10.3 Å². The number of aromatic nitrogens is 1. The Balaban J connectivity index is 1.69. The standard InChI is InChI=1S/C21H20N2O2/c24-21(22-14-16-9-6-12-25-16)18-13-20(15-7-2-1-3-8-15)23-19-11-5-4-10-17(18)19/h1-5,7-8,10-11,13,16H,6,9,12,14H2,(H,22,24)/t16-/m0/s1. The van der Waals surface area contributed by atoms with Crippen LogP contribution in [0.15, 0.2) is 60.7 Å². The SMILES string of the molecule is O=C(NC[C@@H]1CCCO1)c1cc(-c2ccccc2)nc2ccccc12. The number of hydrogen-bond donors (Lipinski definition) is 1. The Hall–Kier alpha value is -2.72. The molecule has 1 N–H and O–H groups in total. The summed E-state index contributed by atoms with van der Waals surface area (Å²) in [4.78, 5) is 17.5. The summed E-state index contributed by atoms with van der Waals surface area (Å²) in [5.41, 5.74) is 3.29. The molecule has 25 heavy (non-hydrogen) atoms. The Bertz CT molecular complexity index is 887. The van der Waals surface area contributed by atoms with Crippen molar-refractivity contribution < 1.29 is 9.53 Å². The fourth-order valence-corrected chi connectivity index (χ4v) is 3.23. The first-order valence-electron chi connectivity index (χ1n) is 8.66. The second-order valence-electron chi connectivity index (χ2n) is 6.28. The minimum absolute atomic E-state index is 0.0775. The average Bonchev–Trinajstić information content (AvgIpc) is 3.19. The maximum Gasteiger partial charge on any atom is 0.252 e.